The van der Waals surface area contributed by atoms with Crippen molar-refractivity contribution < 1.29 is 4.79 Å². The van der Waals surface area contributed by atoms with Crippen LogP contribution in [0.25, 0.3) is 0 Å². The zero-order valence-corrected chi connectivity index (χ0v) is 8.38. The van der Waals surface area contributed by atoms with E-state index in [0.29, 0.717) is 6.04 Å². The lowest BCUT2D eigenvalue weighted by Gasteiger charge is -2.29. The van der Waals surface area contributed by atoms with Crippen LogP contribution in [0.5, 0.6) is 0 Å². The van der Waals surface area contributed by atoms with Gasteiger partial charge in [-0.15, -0.1) is 0 Å². The van der Waals surface area contributed by atoms with Gasteiger partial charge in [-0.1, -0.05) is 12.8 Å². The number of amides is 1. The number of rotatable bonds is 3. The second-order valence-corrected chi connectivity index (χ2v) is 4.01. The molecular weight excluding hydrogens is 164 g/mol. The number of carbonyl (C=O) groups excluding carboxylic acids is 1. The summed E-state index contributed by atoms with van der Waals surface area (Å²) in [6.07, 6.45) is 5.89. The molecule has 0 aromatic heterocycles. The monoisotopic (exact) mass is 184 g/mol. The van der Waals surface area contributed by atoms with E-state index in [0.717, 1.165) is 31.7 Å². The van der Waals surface area contributed by atoms with Crippen LogP contribution < -0.4 is 11.1 Å². The topological polar surface area (TPSA) is 55.1 Å². The first kappa shape index (κ1) is 10.5. The van der Waals surface area contributed by atoms with Gasteiger partial charge in [-0.3, -0.25) is 4.79 Å². The van der Waals surface area contributed by atoms with Crippen LogP contribution in [0.3, 0.4) is 0 Å². The zero-order valence-electron chi connectivity index (χ0n) is 8.38. The molecule has 0 aromatic rings. The van der Waals surface area contributed by atoms with Crippen LogP contribution in [0, 0.1) is 5.92 Å². The van der Waals surface area contributed by atoms with Crippen molar-refractivity contribution in [3.63, 3.8) is 0 Å². The molecular formula is C10H20N2O. The highest BCUT2D eigenvalue weighted by molar-refractivity contribution is 5.73. The number of hydrogen-bond acceptors (Lipinski definition) is 2. The summed E-state index contributed by atoms with van der Waals surface area (Å²) < 4.78 is 0. The largest absolute Gasteiger partial charge is 0.354 e. The Bertz CT molecular complexity index is 168. The van der Waals surface area contributed by atoms with Gasteiger partial charge < -0.3 is 11.1 Å². The number of hydrogen-bond donors (Lipinski definition) is 2. The summed E-state index contributed by atoms with van der Waals surface area (Å²) in [5.74, 6) is 0.828. The van der Waals surface area contributed by atoms with Crippen LogP contribution in [0.2, 0.25) is 0 Å². The molecule has 0 aliphatic heterocycles. The number of nitrogens with one attached hydrogen (secondary N) is 1. The molecule has 1 amide bonds. The second kappa shape index (κ2) is 5.22. The summed E-state index contributed by atoms with van der Waals surface area (Å²) in [4.78, 5) is 10.8. The van der Waals surface area contributed by atoms with E-state index in [2.05, 4.69) is 5.32 Å². The van der Waals surface area contributed by atoms with Gasteiger partial charge >= 0.3 is 0 Å². The molecule has 1 aliphatic rings. The molecule has 3 N–H and O–H groups in total. The van der Waals surface area contributed by atoms with Crippen LogP contribution in [0.15, 0.2) is 0 Å². The Morgan fingerprint density at radius 2 is 2.31 bits per heavy atom. The molecule has 3 heteroatoms. The average molecular weight is 184 g/mol. The minimum absolute atomic E-state index is 0.0957. The first-order valence-electron chi connectivity index (χ1n) is 5.19. The molecule has 1 aliphatic carbocycles. The predicted molar refractivity (Wildman–Crippen MR) is 53.2 cm³/mol. The third-order valence-corrected chi connectivity index (χ3v) is 2.77. The Balaban J connectivity index is 2.28. The zero-order chi connectivity index (χ0) is 9.68. The molecule has 0 radical (unpaired) electrons. The Hall–Kier alpha value is -0.570. The van der Waals surface area contributed by atoms with Gasteiger partial charge in [-0.25, -0.2) is 0 Å². The molecule has 1 fully saturated rings. The van der Waals surface area contributed by atoms with Crippen molar-refractivity contribution in [3.8, 4) is 0 Å². The summed E-state index contributed by atoms with van der Waals surface area (Å²) in [6, 6.07) is 0.405. The fourth-order valence-electron chi connectivity index (χ4n) is 2.21. The molecule has 0 aromatic carbocycles. The smallest absolute Gasteiger partial charge is 0.217 e. The highest BCUT2D eigenvalue weighted by Crippen LogP contribution is 2.26. The third kappa shape index (κ3) is 3.77. The molecule has 1 saturated carbocycles. The minimum Gasteiger partial charge on any atom is -0.354 e. The number of nitrogens with two attached hydrogens (primary N) is 1. The van der Waals surface area contributed by atoms with E-state index >= 15 is 0 Å². The molecule has 1 rings (SSSR count). The van der Waals surface area contributed by atoms with Gasteiger partial charge in [0.1, 0.15) is 0 Å². The van der Waals surface area contributed by atoms with Crippen molar-refractivity contribution in [3.05, 3.63) is 0 Å². The Labute approximate surface area is 80.1 Å². The maximum absolute atomic E-state index is 10.8. The molecule has 2 unspecified atom stereocenters. The summed E-state index contributed by atoms with van der Waals surface area (Å²) in [7, 11) is 0. The fourth-order valence-corrected chi connectivity index (χ4v) is 2.21. The Morgan fingerprint density at radius 3 is 2.92 bits per heavy atom. The van der Waals surface area contributed by atoms with E-state index in [9.17, 15) is 4.79 Å². The molecule has 0 saturated heterocycles. The molecule has 2 atom stereocenters. The maximum Gasteiger partial charge on any atom is 0.217 e. The lowest BCUT2D eigenvalue weighted by atomic mass is 9.84. The summed E-state index contributed by atoms with van der Waals surface area (Å²) >= 11 is 0. The van der Waals surface area contributed by atoms with Gasteiger partial charge in [0.05, 0.1) is 0 Å². The highest BCUT2D eigenvalue weighted by Gasteiger charge is 2.21. The van der Waals surface area contributed by atoms with Crippen LogP contribution in [0.4, 0.5) is 0 Å². The predicted octanol–water partition coefficient (Wildman–Crippen LogP) is 1.03. The standard InChI is InChI=1S/C10H20N2O/c1-8(13)12-10-4-2-3-9(7-10)5-6-11/h9-10H,2-7,11H2,1H3,(H,12,13). The van der Waals surface area contributed by atoms with Crippen molar-refractivity contribution in [1.29, 1.82) is 0 Å². The van der Waals surface area contributed by atoms with Crippen molar-refractivity contribution in [2.75, 3.05) is 6.54 Å². The first-order valence-corrected chi connectivity index (χ1v) is 5.19. The van der Waals surface area contributed by atoms with E-state index in [1.54, 1.807) is 6.92 Å². The van der Waals surface area contributed by atoms with Crippen molar-refractivity contribution in [1.82, 2.24) is 5.32 Å². The molecule has 76 valence electrons. The van der Waals surface area contributed by atoms with E-state index < -0.39 is 0 Å². The quantitative estimate of drug-likeness (QED) is 0.688. The van der Waals surface area contributed by atoms with Crippen molar-refractivity contribution >= 4 is 5.91 Å². The fraction of sp³-hybridized carbons (Fsp3) is 0.900. The summed E-state index contributed by atoms with van der Waals surface area (Å²) in [6.45, 7) is 2.37. The minimum atomic E-state index is 0.0957. The SMILES string of the molecule is CC(=O)NC1CCCC(CCN)C1. The third-order valence-electron chi connectivity index (χ3n) is 2.77. The molecule has 13 heavy (non-hydrogen) atoms. The van der Waals surface area contributed by atoms with Gasteiger partial charge in [-0.2, -0.15) is 0 Å². The van der Waals surface area contributed by atoms with E-state index in [1.807, 2.05) is 0 Å². The number of carbonyl (C=O) groups is 1. The maximum atomic E-state index is 10.8. The van der Waals surface area contributed by atoms with Gasteiger partial charge in [0.15, 0.2) is 0 Å². The van der Waals surface area contributed by atoms with E-state index in [4.69, 9.17) is 5.73 Å². The van der Waals surface area contributed by atoms with E-state index in [1.165, 1.54) is 12.8 Å². The van der Waals surface area contributed by atoms with E-state index in [-0.39, 0.29) is 5.91 Å². The normalized spacial score (nSPS) is 28.5. The van der Waals surface area contributed by atoms with Crippen molar-refractivity contribution in [2.45, 2.75) is 45.1 Å². The van der Waals surface area contributed by atoms with Crippen molar-refractivity contribution in [2.24, 2.45) is 11.7 Å². The summed E-state index contributed by atoms with van der Waals surface area (Å²) in [5.41, 5.74) is 5.52. The molecule has 0 heterocycles. The van der Waals surface area contributed by atoms with Gasteiger partial charge in [0, 0.05) is 13.0 Å². The van der Waals surface area contributed by atoms with Gasteiger partial charge in [0.25, 0.3) is 0 Å². The molecule has 0 spiro atoms. The molecule has 3 nitrogen and oxygen atoms in total. The Kier molecular flexibility index (Phi) is 4.22. The van der Waals surface area contributed by atoms with Crippen LogP contribution in [-0.2, 0) is 4.79 Å². The van der Waals surface area contributed by atoms with Gasteiger partial charge in [-0.05, 0) is 31.7 Å². The molecule has 0 bridgehead atoms. The van der Waals surface area contributed by atoms with Crippen LogP contribution in [-0.4, -0.2) is 18.5 Å². The second-order valence-electron chi connectivity index (χ2n) is 4.01. The first-order chi connectivity index (χ1) is 6.22. The average Bonchev–Trinajstić information content (AvgIpc) is 2.04. The lowest BCUT2D eigenvalue weighted by molar-refractivity contribution is -0.119. The van der Waals surface area contributed by atoms with Crippen LogP contribution >= 0.6 is 0 Å². The van der Waals surface area contributed by atoms with Crippen LogP contribution in [0.1, 0.15) is 39.0 Å². The highest BCUT2D eigenvalue weighted by atomic mass is 16.1. The van der Waals surface area contributed by atoms with Gasteiger partial charge in [0.2, 0.25) is 5.91 Å². The summed E-state index contributed by atoms with van der Waals surface area (Å²) in [5, 5.41) is 2.99. The lowest BCUT2D eigenvalue weighted by Crippen LogP contribution is -2.37. The Morgan fingerprint density at radius 1 is 1.54 bits per heavy atom.